The van der Waals surface area contributed by atoms with Crippen molar-refractivity contribution in [1.82, 2.24) is 9.88 Å². The number of hydrogen-bond donors (Lipinski definition) is 3. The second kappa shape index (κ2) is 5.89. The normalized spacial score (nSPS) is 28.8. The molecule has 1 aromatic rings. The van der Waals surface area contributed by atoms with Crippen molar-refractivity contribution in [2.45, 2.75) is 63.2 Å². The van der Waals surface area contributed by atoms with E-state index in [-0.39, 0.29) is 24.0 Å². The molecule has 0 saturated heterocycles. The average molecular weight is 338 g/mol. The molecule has 1 aliphatic carbocycles. The Morgan fingerprint density at radius 1 is 1.57 bits per heavy atom. The minimum absolute atomic E-state index is 0.102. The van der Waals surface area contributed by atoms with E-state index < -0.39 is 5.54 Å². The smallest absolute Gasteiger partial charge is 0.212 e. The largest absolute Gasteiger partial charge is 0.394 e. The molecule has 0 bridgehead atoms. The topological polar surface area (TPSA) is 105 Å². The molecule has 1 fully saturated rings. The molecule has 6 nitrogen and oxygen atoms in total. The molecule has 3 rings (SSSR count). The van der Waals surface area contributed by atoms with Gasteiger partial charge in [-0.15, -0.1) is 11.3 Å². The minimum atomic E-state index is -0.954. The number of hydrogen-bond acceptors (Lipinski definition) is 7. The van der Waals surface area contributed by atoms with Gasteiger partial charge in [-0.1, -0.05) is 0 Å². The van der Waals surface area contributed by atoms with Crippen molar-refractivity contribution in [3.63, 3.8) is 0 Å². The number of thiazole rings is 1. The van der Waals surface area contributed by atoms with Crippen LogP contribution in [0.25, 0.3) is 0 Å². The predicted octanol–water partition coefficient (Wildman–Crippen LogP) is 0.664. The van der Waals surface area contributed by atoms with Crippen LogP contribution in [0.4, 0.5) is 0 Å². The maximum Gasteiger partial charge on any atom is 0.212 e. The fourth-order valence-corrected chi connectivity index (χ4v) is 4.61. The molecule has 1 aliphatic heterocycles. The van der Waals surface area contributed by atoms with Gasteiger partial charge in [0.25, 0.3) is 0 Å². The minimum Gasteiger partial charge on any atom is -0.394 e. The number of carbonyl (C=O) groups is 1. The van der Waals surface area contributed by atoms with E-state index in [0.29, 0.717) is 11.4 Å². The van der Waals surface area contributed by atoms with Gasteiger partial charge in [0.1, 0.15) is 0 Å². The van der Waals surface area contributed by atoms with E-state index in [9.17, 15) is 9.90 Å². The van der Waals surface area contributed by atoms with Crippen LogP contribution in [-0.2, 0) is 13.0 Å². The molecule has 5 N–H and O–H groups in total. The number of nitrogens with two attached hydrogens (primary N) is 2. The third-order valence-corrected chi connectivity index (χ3v) is 6.44. The number of nitrogens with zero attached hydrogens (tertiary/aromatic N) is 2. The molecule has 2 heterocycles. The first-order valence-corrected chi connectivity index (χ1v) is 9.03. The van der Waals surface area contributed by atoms with Crippen molar-refractivity contribution < 1.29 is 9.90 Å². The van der Waals surface area contributed by atoms with Gasteiger partial charge in [0, 0.05) is 36.0 Å². The van der Waals surface area contributed by atoms with Gasteiger partial charge in [-0.25, -0.2) is 4.98 Å². The number of aliphatic hydroxyl groups excluding tert-OH is 1. The van der Waals surface area contributed by atoms with E-state index in [1.807, 2.05) is 13.8 Å². The first-order valence-electron chi connectivity index (χ1n) is 8.22. The first-order chi connectivity index (χ1) is 10.8. The summed E-state index contributed by atoms with van der Waals surface area (Å²) < 4.78 is 0. The zero-order chi connectivity index (χ0) is 16.8. The Morgan fingerprint density at radius 3 is 2.91 bits per heavy atom. The van der Waals surface area contributed by atoms with Crippen LogP contribution in [0.2, 0.25) is 0 Å². The highest BCUT2D eigenvalue weighted by molar-refractivity contribution is 7.13. The van der Waals surface area contributed by atoms with Crippen molar-refractivity contribution in [3.8, 4) is 0 Å². The lowest BCUT2D eigenvalue weighted by Crippen LogP contribution is -2.57. The van der Waals surface area contributed by atoms with E-state index in [1.165, 1.54) is 11.3 Å². The number of rotatable bonds is 4. The highest BCUT2D eigenvalue weighted by atomic mass is 32.1. The van der Waals surface area contributed by atoms with Crippen LogP contribution in [0.1, 0.15) is 53.5 Å². The molecule has 23 heavy (non-hydrogen) atoms. The summed E-state index contributed by atoms with van der Waals surface area (Å²) in [7, 11) is 0. The SMILES string of the molecule is CC(C)(CO)N1CCc2nc(C(=O)C3(N)CCCC3N)sc2C1. The Labute approximate surface area is 140 Å². The van der Waals surface area contributed by atoms with Crippen molar-refractivity contribution in [2.75, 3.05) is 13.2 Å². The van der Waals surface area contributed by atoms with Gasteiger partial charge >= 0.3 is 0 Å². The monoisotopic (exact) mass is 338 g/mol. The molecular weight excluding hydrogens is 312 g/mol. The Hall–Kier alpha value is -0.860. The lowest BCUT2D eigenvalue weighted by Gasteiger charge is -2.39. The van der Waals surface area contributed by atoms with Gasteiger partial charge in [0.05, 0.1) is 17.8 Å². The summed E-state index contributed by atoms with van der Waals surface area (Å²) in [4.78, 5) is 20.7. The molecule has 0 aromatic carbocycles. The number of ketones is 1. The molecule has 2 atom stereocenters. The Kier molecular flexibility index (Phi) is 4.35. The zero-order valence-electron chi connectivity index (χ0n) is 13.8. The number of fused-ring (bicyclic) bond motifs is 1. The van der Waals surface area contributed by atoms with Gasteiger partial charge in [-0.05, 0) is 33.1 Å². The number of carbonyl (C=O) groups excluding carboxylic acids is 1. The van der Waals surface area contributed by atoms with Crippen LogP contribution < -0.4 is 11.5 Å². The lowest BCUT2D eigenvalue weighted by molar-refractivity contribution is 0.0471. The number of aliphatic hydroxyl groups is 1. The zero-order valence-corrected chi connectivity index (χ0v) is 14.7. The van der Waals surface area contributed by atoms with Crippen LogP contribution in [0.5, 0.6) is 0 Å². The predicted molar refractivity (Wildman–Crippen MR) is 90.5 cm³/mol. The van der Waals surface area contributed by atoms with Crippen molar-refractivity contribution in [3.05, 3.63) is 15.6 Å². The van der Waals surface area contributed by atoms with E-state index in [2.05, 4.69) is 9.88 Å². The Bertz CT molecular complexity index is 615. The Morgan fingerprint density at radius 2 is 2.30 bits per heavy atom. The van der Waals surface area contributed by atoms with Crippen LogP contribution in [-0.4, -0.2) is 51.0 Å². The van der Waals surface area contributed by atoms with Gasteiger partial charge in [-0.2, -0.15) is 0 Å². The average Bonchev–Trinajstić information content (AvgIpc) is 3.10. The van der Waals surface area contributed by atoms with Crippen LogP contribution in [0.3, 0.4) is 0 Å². The van der Waals surface area contributed by atoms with Crippen molar-refractivity contribution in [2.24, 2.45) is 11.5 Å². The van der Waals surface area contributed by atoms with Gasteiger partial charge in [-0.3, -0.25) is 9.69 Å². The molecule has 128 valence electrons. The quantitative estimate of drug-likeness (QED) is 0.697. The second-order valence-corrected chi connectivity index (χ2v) is 8.48. The number of Topliss-reactive ketones (excluding diaryl/α,β-unsaturated/α-hetero) is 1. The summed E-state index contributed by atoms with van der Waals surface area (Å²) in [5.41, 5.74) is 12.1. The van der Waals surface area contributed by atoms with E-state index in [0.717, 1.165) is 42.9 Å². The molecule has 2 unspecified atom stereocenters. The molecule has 0 radical (unpaired) electrons. The van der Waals surface area contributed by atoms with Gasteiger partial charge < -0.3 is 16.6 Å². The highest BCUT2D eigenvalue weighted by Gasteiger charge is 2.45. The number of aromatic nitrogens is 1. The maximum absolute atomic E-state index is 12.8. The molecule has 1 saturated carbocycles. The van der Waals surface area contributed by atoms with Crippen molar-refractivity contribution >= 4 is 17.1 Å². The summed E-state index contributed by atoms with van der Waals surface area (Å²) in [5, 5.41) is 10.1. The molecule has 0 spiro atoms. The third kappa shape index (κ3) is 2.85. The molecule has 0 amide bonds. The maximum atomic E-state index is 12.8. The summed E-state index contributed by atoms with van der Waals surface area (Å²) in [5.74, 6) is -0.102. The molecule has 1 aromatic heterocycles. The van der Waals surface area contributed by atoms with Gasteiger partial charge in [0.15, 0.2) is 5.01 Å². The molecule has 2 aliphatic rings. The van der Waals surface area contributed by atoms with Gasteiger partial charge in [0.2, 0.25) is 5.78 Å². The highest BCUT2D eigenvalue weighted by Crippen LogP contribution is 2.34. The van der Waals surface area contributed by atoms with E-state index >= 15 is 0 Å². The summed E-state index contributed by atoms with van der Waals surface area (Å²) >= 11 is 1.44. The summed E-state index contributed by atoms with van der Waals surface area (Å²) in [6.45, 7) is 5.71. The van der Waals surface area contributed by atoms with E-state index in [1.54, 1.807) is 0 Å². The van der Waals surface area contributed by atoms with Crippen LogP contribution in [0.15, 0.2) is 0 Å². The summed E-state index contributed by atoms with van der Waals surface area (Å²) in [6, 6.07) is -0.277. The van der Waals surface area contributed by atoms with E-state index in [4.69, 9.17) is 11.5 Å². The van der Waals surface area contributed by atoms with Crippen molar-refractivity contribution in [1.29, 1.82) is 0 Å². The Balaban J connectivity index is 1.82. The molecule has 7 heteroatoms. The fraction of sp³-hybridized carbons (Fsp3) is 0.750. The van der Waals surface area contributed by atoms with Crippen LogP contribution >= 0.6 is 11.3 Å². The molecular formula is C16H26N4O2S. The standard InChI is InChI=1S/C16H26N4O2S/c1-15(2,9-21)20-7-5-10-11(8-20)23-14(19-10)13(22)16(18)6-3-4-12(16)17/h12,21H,3-9,17-18H2,1-2H3. The fourth-order valence-electron chi connectivity index (χ4n) is 3.45. The first kappa shape index (κ1) is 17.0. The van der Waals surface area contributed by atoms with Crippen LogP contribution in [0, 0.1) is 0 Å². The second-order valence-electron chi connectivity index (χ2n) is 7.40. The lowest BCUT2D eigenvalue weighted by atomic mass is 9.90. The third-order valence-electron chi connectivity index (χ3n) is 5.36. The summed E-state index contributed by atoms with van der Waals surface area (Å²) in [6.07, 6.45) is 3.13.